The summed E-state index contributed by atoms with van der Waals surface area (Å²) in [6.45, 7) is 4.95. The van der Waals surface area contributed by atoms with Gasteiger partial charge in [-0.05, 0) is 11.4 Å². The number of halogens is 1. The zero-order valence-corrected chi connectivity index (χ0v) is 8.21. The number of hydrogen-bond acceptors (Lipinski definition) is 3. The van der Waals surface area contributed by atoms with E-state index in [1.165, 1.54) is 0 Å². The van der Waals surface area contributed by atoms with Crippen molar-refractivity contribution in [3.63, 3.8) is 0 Å². The molecule has 0 aromatic carbocycles. The van der Waals surface area contributed by atoms with Crippen LogP contribution in [0.15, 0.2) is 23.1 Å². The van der Waals surface area contributed by atoms with Crippen molar-refractivity contribution in [1.29, 1.82) is 0 Å². The Kier molecular flexibility index (Phi) is 3.59. The number of thiophene rings is 1. The van der Waals surface area contributed by atoms with E-state index in [9.17, 15) is 0 Å². The van der Waals surface area contributed by atoms with E-state index in [4.69, 9.17) is 17.3 Å². The van der Waals surface area contributed by atoms with Crippen molar-refractivity contribution < 1.29 is 0 Å². The highest BCUT2D eigenvalue weighted by Gasteiger charge is 1.98. The Morgan fingerprint density at radius 1 is 1.75 bits per heavy atom. The summed E-state index contributed by atoms with van der Waals surface area (Å²) in [5.74, 6) is 0. The largest absolute Gasteiger partial charge is 0.398 e. The van der Waals surface area contributed by atoms with Crippen LogP contribution >= 0.6 is 22.9 Å². The molecule has 4 heteroatoms. The first kappa shape index (κ1) is 9.58. The molecule has 0 atom stereocenters. The van der Waals surface area contributed by atoms with Crippen molar-refractivity contribution >= 4 is 28.6 Å². The fourth-order valence-corrected chi connectivity index (χ4v) is 1.67. The average Bonchev–Trinajstić information content (AvgIpc) is 2.36. The Bertz CT molecular complexity index is 270. The fourth-order valence-electron chi connectivity index (χ4n) is 0.806. The summed E-state index contributed by atoms with van der Waals surface area (Å²) >= 11 is 7.21. The molecule has 0 bridgehead atoms. The van der Waals surface area contributed by atoms with Gasteiger partial charge in [-0.15, -0.1) is 11.3 Å². The smallest absolute Gasteiger partial charge is 0.0468 e. The monoisotopic (exact) mass is 202 g/mol. The molecule has 0 aliphatic heterocycles. The quantitative estimate of drug-likeness (QED) is 0.786. The maximum Gasteiger partial charge on any atom is 0.0468 e. The zero-order chi connectivity index (χ0) is 8.97. The molecular weight excluding hydrogens is 192 g/mol. The summed E-state index contributed by atoms with van der Waals surface area (Å²) in [6.07, 6.45) is 0. The number of rotatable bonds is 4. The van der Waals surface area contributed by atoms with Gasteiger partial charge < -0.3 is 11.1 Å². The van der Waals surface area contributed by atoms with E-state index in [0.29, 0.717) is 11.6 Å². The van der Waals surface area contributed by atoms with Crippen LogP contribution in [0.1, 0.15) is 4.88 Å². The zero-order valence-electron chi connectivity index (χ0n) is 6.64. The molecule has 0 radical (unpaired) electrons. The second-order valence-corrected chi connectivity index (χ2v) is 3.96. The van der Waals surface area contributed by atoms with Crippen molar-refractivity contribution in [3.05, 3.63) is 27.9 Å². The Labute approximate surface area is 81.0 Å². The van der Waals surface area contributed by atoms with Crippen LogP contribution < -0.4 is 11.1 Å². The van der Waals surface area contributed by atoms with Crippen molar-refractivity contribution in [1.82, 2.24) is 5.32 Å². The maximum absolute atomic E-state index is 5.67. The number of anilines is 1. The van der Waals surface area contributed by atoms with Gasteiger partial charge in [-0.25, -0.2) is 0 Å². The van der Waals surface area contributed by atoms with Gasteiger partial charge in [0.25, 0.3) is 0 Å². The molecule has 66 valence electrons. The molecule has 0 saturated heterocycles. The predicted molar refractivity (Wildman–Crippen MR) is 55.4 cm³/mol. The second-order valence-electron chi connectivity index (χ2n) is 2.42. The average molecular weight is 203 g/mol. The van der Waals surface area contributed by atoms with Crippen LogP contribution in [0.3, 0.4) is 0 Å². The standard InChI is InChI=1S/C8H11ClN2S/c1-6(9)4-11-5-8-7(10)2-3-12-8/h2-3,11H,1,4-5,10H2. The minimum Gasteiger partial charge on any atom is -0.398 e. The molecule has 1 heterocycles. The van der Waals surface area contributed by atoms with E-state index in [1.807, 2.05) is 11.4 Å². The summed E-state index contributed by atoms with van der Waals surface area (Å²) in [4.78, 5) is 1.15. The van der Waals surface area contributed by atoms with Gasteiger partial charge in [-0.2, -0.15) is 0 Å². The van der Waals surface area contributed by atoms with Crippen LogP contribution in [0.4, 0.5) is 5.69 Å². The van der Waals surface area contributed by atoms with Crippen molar-refractivity contribution in [2.45, 2.75) is 6.54 Å². The minimum atomic E-state index is 0.616. The lowest BCUT2D eigenvalue weighted by Crippen LogP contribution is -2.14. The molecule has 0 amide bonds. The lowest BCUT2D eigenvalue weighted by molar-refractivity contribution is 0.766. The Morgan fingerprint density at radius 2 is 2.50 bits per heavy atom. The van der Waals surface area contributed by atoms with Crippen LogP contribution in [0, 0.1) is 0 Å². The summed E-state index contributed by atoms with van der Waals surface area (Å²) in [7, 11) is 0. The number of nitrogen functional groups attached to an aromatic ring is 1. The van der Waals surface area contributed by atoms with Gasteiger partial charge in [0, 0.05) is 28.7 Å². The van der Waals surface area contributed by atoms with Gasteiger partial charge in [0.05, 0.1) is 0 Å². The minimum absolute atomic E-state index is 0.616. The number of nitrogens with two attached hydrogens (primary N) is 1. The number of hydrogen-bond donors (Lipinski definition) is 2. The van der Waals surface area contributed by atoms with Gasteiger partial charge in [-0.3, -0.25) is 0 Å². The molecule has 2 nitrogen and oxygen atoms in total. The molecule has 3 N–H and O–H groups in total. The first-order chi connectivity index (χ1) is 5.70. The van der Waals surface area contributed by atoms with Gasteiger partial charge in [0.1, 0.15) is 0 Å². The van der Waals surface area contributed by atoms with Gasteiger partial charge >= 0.3 is 0 Å². The Morgan fingerprint density at radius 3 is 3.00 bits per heavy atom. The van der Waals surface area contributed by atoms with E-state index in [1.54, 1.807) is 11.3 Å². The first-order valence-corrected chi connectivity index (χ1v) is 4.81. The van der Waals surface area contributed by atoms with Crippen LogP contribution in [0.25, 0.3) is 0 Å². The topological polar surface area (TPSA) is 38.0 Å². The third-order valence-electron chi connectivity index (χ3n) is 1.38. The lowest BCUT2D eigenvalue weighted by atomic mass is 10.4. The third-order valence-corrected chi connectivity index (χ3v) is 2.45. The molecule has 0 unspecified atom stereocenters. The van der Waals surface area contributed by atoms with Gasteiger partial charge in [0.2, 0.25) is 0 Å². The molecule has 0 spiro atoms. The molecular formula is C8H11ClN2S. The molecule has 1 aromatic heterocycles. The first-order valence-electron chi connectivity index (χ1n) is 3.56. The van der Waals surface area contributed by atoms with Gasteiger partial charge in [-0.1, -0.05) is 18.2 Å². The Hall–Kier alpha value is -0.510. The summed E-state index contributed by atoms with van der Waals surface area (Å²) in [6, 6.07) is 1.90. The highest BCUT2D eigenvalue weighted by atomic mass is 35.5. The van der Waals surface area contributed by atoms with E-state index >= 15 is 0 Å². The normalized spacial score (nSPS) is 10.1. The molecule has 0 saturated carbocycles. The van der Waals surface area contributed by atoms with E-state index < -0.39 is 0 Å². The Balaban J connectivity index is 2.33. The SMILES string of the molecule is C=C(Cl)CNCc1sccc1N. The van der Waals surface area contributed by atoms with Crippen LogP contribution in [0.5, 0.6) is 0 Å². The molecule has 0 aliphatic carbocycles. The van der Waals surface area contributed by atoms with E-state index in [-0.39, 0.29) is 0 Å². The number of nitrogens with one attached hydrogen (secondary N) is 1. The lowest BCUT2D eigenvalue weighted by Gasteiger charge is -2.01. The van der Waals surface area contributed by atoms with Crippen LogP contribution in [-0.2, 0) is 6.54 Å². The van der Waals surface area contributed by atoms with Crippen LogP contribution in [-0.4, -0.2) is 6.54 Å². The second kappa shape index (κ2) is 4.50. The summed E-state index contributed by atoms with van der Waals surface area (Å²) in [5, 5.41) is 5.72. The van der Waals surface area contributed by atoms with Crippen LogP contribution in [0.2, 0.25) is 0 Å². The summed E-state index contributed by atoms with van der Waals surface area (Å²) in [5.41, 5.74) is 6.51. The highest BCUT2D eigenvalue weighted by Crippen LogP contribution is 2.17. The fraction of sp³-hybridized carbons (Fsp3) is 0.250. The molecule has 1 aromatic rings. The molecule has 12 heavy (non-hydrogen) atoms. The van der Waals surface area contributed by atoms with E-state index in [2.05, 4.69) is 11.9 Å². The predicted octanol–water partition coefficient (Wildman–Crippen LogP) is 2.17. The van der Waals surface area contributed by atoms with Gasteiger partial charge in [0.15, 0.2) is 0 Å². The van der Waals surface area contributed by atoms with E-state index in [0.717, 1.165) is 17.1 Å². The summed E-state index contributed by atoms with van der Waals surface area (Å²) < 4.78 is 0. The maximum atomic E-state index is 5.67. The molecule has 0 fully saturated rings. The van der Waals surface area contributed by atoms with Crippen molar-refractivity contribution in [3.8, 4) is 0 Å². The van der Waals surface area contributed by atoms with Crippen molar-refractivity contribution in [2.24, 2.45) is 0 Å². The highest BCUT2D eigenvalue weighted by molar-refractivity contribution is 7.10. The third kappa shape index (κ3) is 2.85. The molecule has 0 aliphatic rings. The molecule has 1 rings (SSSR count). The van der Waals surface area contributed by atoms with Crippen molar-refractivity contribution in [2.75, 3.05) is 12.3 Å².